The number of thiophene rings is 1. The molecule has 0 fully saturated rings. The monoisotopic (exact) mass is 325 g/mol. The number of nitrogens with zero attached hydrogens (tertiary/aromatic N) is 1. The molecule has 3 aromatic rings. The van der Waals surface area contributed by atoms with Gasteiger partial charge in [-0.25, -0.2) is 0 Å². The first-order valence-corrected chi connectivity index (χ1v) is 8.18. The molecule has 0 aliphatic carbocycles. The molecule has 1 aliphatic rings. The van der Waals surface area contributed by atoms with Crippen LogP contribution in [0.3, 0.4) is 0 Å². The number of rotatable bonds is 2. The molecule has 4 heteroatoms. The van der Waals surface area contributed by atoms with E-state index in [1.807, 2.05) is 42.5 Å². The molecule has 0 bridgehead atoms. The Hall–Kier alpha value is -2.10. The number of anilines is 2. The van der Waals surface area contributed by atoms with Gasteiger partial charge in [-0.1, -0.05) is 41.9 Å². The molecule has 0 saturated heterocycles. The van der Waals surface area contributed by atoms with Crippen molar-refractivity contribution in [2.45, 2.75) is 6.42 Å². The molecule has 0 saturated carbocycles. The van der Waals surface area contributed by atoms with Crippen LogP contribution in [0.1, 0.15) is 4.88 Å². The molecule has 0 atom stereocenters. The Morgan fingerprint density at radius 1 is 1.00 bits per heavy atom. The van der Waals surface area contributed by atoms with E-state index >= 15 is 0 Å². The lowest BCUT2D eigenvalue weighted by Crippen LogP contribution is -2.20. The molecule has 108 valence electrons. The molecular weight excluding hydrogens is 314 g/mol. The molecule has 1 aromatic heterocycles. The zero-order chi connectivity index (χ0) is 15.1. The third-order valence-corrected chi connectivity index (χ3v) is 5.16. The molecule has 1 aliphatic heterocycles. The van der Waals surface area contributed by atoms with E-state index in [2.05, 4.69) is 18.2 Å². The van der Waals surface area contributed by atoms with Crippen LogP contribution < -0.4 is 4.90 Å². The van der Waals surface area contributed by atoms with E-state index in [0.29, 0.717) is 11.4 Å². The van der Waals surface area contributed by atoms with Crippen molar-refractivity contribution in [3.8, 4) is 10.4 Å². The first-order chi connectivity index (χ1) is 10.7. The van der Waals surface area contributed by atoms with Gasteiger partial charge in [0.2, 0.25) is 5.91 Å². The van der Waals surface area contributed by atoms with E-state index in [1.54, 1.807) is 16.2 Å². The summed E-state index contributed by atoms with van der Waals surface area (Å²) in [6.45, 7) is 0. The van der Waals surface area contributed by atoms with Gasteiger partial charge in [0.05, 0.1) is 12.1 Å². The second kappa shape index (κ2) is 5.27. The van der Waals surface area contributed by atoms with Crippen LogP contribution in [0.2, 0.25) is 5.02 Å². The molecule has 2 nitrogen and oxygen atoms in total. The Morgan fingerprint density at radius 3 is 2.45 bits per heavy atom. The van der Waals surface area contributed by atoms with Gasteiger partial charge >= 0.3 is 0 Å². The summed E-state index contributed by atoms with van der Waals surface area (Å²) in [5.74, 6) is 0.114. The average Bonchev–Trinajstić information content (AvgIpc) is 3.06. The Balaban J connectivity index is 1.77. The highest BCUT2D eigenvalue weighted by Crippen LogP contribution is 2.44. The maximum atomic E-state index is 12.3. The lowest BCUT2D eigenvalue weighted by molar-refractivity contribution is -0.116. The van der Waals surface area contributed by atoms with E-state index < -0.39 is 0 Å². The number of carbonyl (C=O) groups excluding carboxylic acids is 1. The lowest BCUT2D eigenvalue weighted by Gasteiger charge is -2.16. The fourth-order valence-electron chi connectivity index (χ4n) is 2.70. The fourth-order valence-corrected chi connectivity index (χ4v) is 3.97. The van der Waals surface area contributed by atoms with Gasteiger partial charge in [0, 0.05) is 20.5 Å². The minimum absolute atomic E-state index is 0.114. The Kier molecular flexibility index (Phi) is 3.25. The van der Waals surface area contributed by atoms with Gasteiger partial charge in [-0.15, -0.1) is 11.3 Å². The molecule has 2 aromatic carbocycles. The van der Waals surface area contributed by atoms with Crippen molar-refractivity contribution in [3.05, 3.63) is 70.6 Å². The molecule has 0 N–H and O–H groups in total. The largest absolute Gasteiger partial charge is 0.280 e. The minimum Gasteiger partial charge on any atom is -0.280 e. The smallest absolute Gasteiger partial charge is 0.236 e. The fraction of sp³-hybridized carbons (Fsp3) is 0.0556. The predicted molar refractivity (Wildman–Crippen MR) is 92.1 cm³/mol. The van der Waals surface area contributed by atoms with Crippen LogP contribution >= 0.6 is 22.9 Å². The Morgan fingerprint density at radius 2 is 1.73 bits per heavy atom. The number of fused-ring (bicyclic) bond motifs is 1. The average molecular weight is 326 g/mol. The quantitative estimate of drug-likeness (QED) is 0.627. The minimum atomic E-state index is 0.114. The first kappa shape index (κ1) is 13.6. The van der Waals surface area contributed by atoms with Crippen LogP contribution in [0, 0.1) is 0 Å². The summed E-state index contributed by atoms with van der Waals surface area (Å²) in [4.78, 5) is 16.4. The molecule has 1 amide bonds. The second-order valence-corrected chi connectivity index (χ2v) is 6.74. The van der Waals surface area contributed by atoms with Crippen LogP contribution in [0.25, 0.3) is 10.4 Å². The zero-order valence-electron chi connectivity index (χ0n) is 11.6. The van der Waals surface area contributed by atoms with Gasteiger partial charge in [0.15, 0.2) is 0 Å². The summed E-state index contributed by atoms with van der Waals surface area (Å²) in [7, 11) is 0. The third-order valence-electron chi connectivity index (χ3n) is 3.73. The van der Waals surface area contributed by atoms with Gasteiger partial charge in [-0.3, -0.25) is 9.69 Å². The maximum Gasteiger partial charge on any atom is 0.236 e. The van der Waals surface area contributed by atoms with Crippen molar-refractivity contribution < 1.29 is 4.79 Å². The van der Waals surface area contributed by atoms with Crippen LogP contribution in [0.5, 0.6) is 0 Å². The lowest BCUT2D eigenvalue weighted by atomic mass is 10.2. The van der Waals surface area contributed by atoms with Crippen molar-refractivity contribution in [1.29, 1.82) is 0 Å². The number of carbonyl (C=O) groups is 1. The highest BCUT2D eigenvalue weighted by molar-refractivity contribution is 7.16. The standard InChI is InChI=1S/C18H12ClNOS/c19-13-6-8-14(9-7-13)20-15-10-16(12-4-2-1-3-5-12)22-17(15)11-18(20)21/h1-10H,11H2. The van der Waals surface area contributed by atoms with Crippen LogP contribution in [0.4, 0.5) is 11.4 Å². The van der Waals surface area contributed by atoms with Gasteiger partial charge in [-0.05, 0) is 35.9 Å². The van der Waals surface area contributed by atoms with Gasteiger partial charge in [0.25, 0.3) is 0 Å². The summed E-state index contributed by atoms with van der Waals surface area (Å²) >= 11 is 7.63. The predicted octanol–water partition coefficient (Wildman–Crippen LogP) is 5.29. The summed E-state index contributed by atoms with van der Waals surface area (Å²) in [6.07, 6.45) is 0.468. The van der Waals surface area contributed by atoms with Crippen molar-refractivity contribution in [1.82, 2.24) is 0 Å². The molecule has 0 spiro atoms. The molecule has 22 heavy (non-hydrogen) atoms. The van der Waals surface area contributed by atoms with Crippen LogP contribution in [0.15, 0.2) is 60.7 Å². The highest BCUT2D eigenvalue weighted by Gasteiger charge is 2.31. The van der Waals surface area contributed by atoms with Crippen LogP contribution in [-0.2, 0) is 11.2 Å². The van der Waals surface area contributed by atoms with E-state index in [9.17, 15) is 4.79 Å². The molecule has 0 unspecified atom stereocenters. The Bertz CT molecular complexity index is 839. The summed E-state index contributed by atoms with van der Waals surface area (Å²) < 4.78 is 0. The third kappa shape index (κ3) is 2.23. The SMILES string of the molecule is O=C1Cc2sc(-c3ccccc3)cc2N1c1ccc(Cl)cc1. The number of halogens is 1. The number of hydrogen-bond acceptors (Lipinski definition) is 2. The Labute approximate surface area is 137 Å². The van der Waals surface area contributed by atoms with Crippen molar-refractivity contribution in [3.63, 3.8) is 0 Å². The number of amides is 1. The van der Waals surface area contributed by atoms with E-state index in [0.717, 1.165) is 16.3 Å². The second-order valence-electron chi connectivity index (χ2n) is 5.17. The van der Waals surface area contributed by atoms with Gasteiger partial charge < -0.3 is 0 Å². The van der Waals surface area contributed by atoms with Crippen molar-refractivity contribution >= 4 is 40.2 Å². The first-order valence-electron chi connectivity index (χ1n) is 6.99. The molecular formula is C18H12ClNOS. The highest BCUT2D eigenvalue weighted by atomic mass is 35.5. The maximum absolute atomic E-state index is 12.3. The summed E-state index contributed by atoms with van der Waals surface area (Å²) in [5.41, 5.74) is 3.05. The molecule has 4 rings (SSSR count). The normalized spacial score (nSPS) is 13.5. The number of hydrogen-bond donors (Lipinski definition) is 0. The van der Waals surface area contributed by atoms with Crippen LogP contribution in [-0.4, -0.2) is 5.91 Å². The molecule has 2 heterocycles. The van der Waals surface area contributed by atoms with Gasteiger partial charge in [0.1, 0.15) is 0 Å². The zero-order valence-corrected chi connectivity index (χ0v) is 13.2. The summed E-state index contributed by atoms with van der Waals surface area (Å²) in [5, 5.41) is 0.672. The summed E-state index contributed by atoms with van der Waals surface area (Å²) in [6, 6.07) is 19.8. The molecule has 0 radical (unpaired) electrons. The van der Waals surface area contributed by atoms with E-state index in [-0.39, 0.29) is 5.91 Å². The van der Waals surface area contributed by atoms with Crippen molar-refractivity contribution in [2.75, 3.05) is 4.90 Å². The topological polar surface area (TPSA) is 20.3 Å². The van der Waals surface area contributed by atoms with Gasteiger partial charge in [-0.2, -0.15) is 0 Å². The number of benzene rings is 2. The van der Waals surface area contributed by atoms with Crippen molar-refractivity contribution in [2.24, 2.45) is 0 Å². The van der Waals surface area contributed by atoms with E-state index in [4.69, 9.17) is 11.6 Å². The van der Waals surface area contributed by atoms with E-state index in [1.165, 1.54) is 10.4 Å².